The van der Waals surface area contributed by atoms with Crippen molar-refractivity contribution < 1.29 is 9.53 Å². The van der Waals surface area contributed by atoms with Gasteiger partial charge in [-0.1, -0.05) is 11.6 Å². The normalized spacial score (nSPS) is 10.2. The first kappa shape index (κ1) is 13.4. The zero-order chi connectivity index (χ0) is 13.1. The number of ketones is 1. The number of hydrogen-bond donors (Lipinski definition) is 0. The molecule has 0 heterocycles. The highest BCUT2D eigenvalue weighted by molar-refractivity contribution is 14.1. The van der Waals surface area contributed by atoms with Gasteiger partial charge in [0.15, 0.2) is 5.78 Å². The van der Waals surface area contributed by atoms with Crippen LogP contribution >= 0.6 is 34.2 Å². The molecule has 0 saturated heterocycles. The fourth-order valence-corrected chi connectivity index (χ4v) is 2.15. The van der Waals surface area contributed by atoms with Crippen LogP contribution in [0.3, 0.4) is 0 Å². The van der Waals surface area contributed by atoms with Crippen LogP contribution in [0, 0.1) is 3.57 Å². The summed E-state index contributed by atoms with van der Waals surface area (Å²) in [6.07, 6.45) is 0. The molecule has 0 bridgehead atoms. The molecular weight excluding hydrogens is 363 g/mol. The third-order valence-corrected chi connectivity index (χ3v) is 3.47. The van der Waals surface area contributed by atoms with Crippen LogP contribution in [0.4, 0.5) is 0 Å². The quantitative estimate of drug-likeness (QED) is 0.597. The molecule has 0 aliphatic rings. The van der Waals surface area contributed by atoms with E-state index in [-0.39, 0.29) is 5.78 Å². The summed E-state index contributed by atoms with van der Waals surface area (Å²) in [4.78, 5) is 12.3. The van der Waals surface area contributed by atoms with Crippen molar-refractivity contribution in [1.82, 2.24) is 0 Å². The van der Waals surface area contributed by atoms with Crippen LogP contribution in [0.2, 0.25) is 5.02 Å². The molecule has 2 rings (SSSR count). The number of carbonyl (C=O) groups is 1. The Kier molecular flexibility index (Phi) is 4.24. The lowest BCUT2D eigenvalue weighted by Gasteiger charge is -2.08. The Balaban J connectivity index is 2.45. The number of carbonyl (C=O) groups excluding carboxylic acids is 1. The number of benzene rings is 2. The maximum Gasteiger partial charge on any atom is 0.196 e. The van der Waals surface area contributed by atoms with Crippen molar-refractivity contribution in [3.8, 4) is 5.75 Å². The van der Waals surface area contributed by atoms with Crippen molar-refractivity contribution in [2.45, 2.75) is 0 Å². The van der Waals surface area contributed by atoms with Crippen molar-refractivity contribution in [1.29, 1.82) is 0 Å². The van der Waals surface area contributed by atoms with E-state index in [1.54, 1.807) is 30.3 Å². The van der Waals surface area contributed by atoms with E-state index in [0.717, 1.165) is 3.57 Å². The van der Waals surface area contributed by atoms with Crippen molar-refractivity contribution in [2.24, 2.45) is 0 Å². The Morgan fingerprint density at radius 2 is 1.83 bits per heavy atom. The minimum Gasteiger partial charge on any atom is -0.496 e. The van der Waals surface area contributed by atoms with E-state index < -0.39 is 0 Å². The molecule has 0 aromatic heterocycles. The van der Waals surface area contributed by atoms with Crippen LogP contribution in [-0.4, -0.2) is 12.9 Å². The summed E-state index contributed by atoms with van der Waals surface area (Å²) in [6, 6.07) is 12.4. The van der Waals surface area contributed by atoms with Crippen molar-refractivity contribution >= 4 is 40.0 Å². The van der Waals surface area contributed by atoms with Gasteiger partial charge in [-0.3, -0.25) is 4.79 Å². The second-order valence-electron chi connectivity index (χ2n) is 3.68. The third kappa shape index (κ3) is 2.84. The van der Waals surface area contributed by atoms with E-state index in [0.29, 0.717) is 21.9 Å². The third-order valence-electron chi connectivity index (χ3n) is 2.51. The van der Waals surface area contributed by atoms with Crippen molar-refractivity contribution in [3.05, 3.63) is 62.2 Å². The lowest BCUT2D eigenvalue weighted by atomic mass is 10.0. The van der Waals surface area contributed by atoms with Gasteiger partial charge < -0.3 is 4.74 Å². The lowest BCUT2D eigenvalue weighted by Crippen LogP contribution is -2.04. The molecule has 0 fully saturated rings. The highest BCUT2D eigenvalue weighted by Gasteiger charge is 2.14. The molecule has 0 atom stereocenters. The van der Waals surface area contributed by atoms with Gasteiger partial charge in [-0.25, -0.2) is 0 Å². The summed E-state index contributed by atoms with van der Waals surface area (Å²) < 4.78 is 6.27. The van der Waals surface area contributed by atoms with Crippen LogP contribution in [0.15, 0.2) is 42.5 Å². The van der Waals surface area contributed by atoms with Crippen molar-refractivity contribution in [3.63, 3.8) is 0 Å². The first-order valence-electron chi connectivity index (χ1n) is 5.25. The maximum atomic E-state index is 12.3. The lowest BCUT2D eigenvalue weighted by molar-refractivity contribution is 0.103. The van der Waals surface area contributed by atoms with Crippen LogP contribution < -0.4 is 4.74 Å². The Morgan fingerprint density at radius 1 is 1.17 bits per heavy atom. The molecule has 0 aliphatic heterocycles. The van der Waals surface area contributed by atoms with Crippen molar-refractivity contribution in [2.75, 3.05) is 7.11 Å². The molecule has 18 heavy (non-hydrogen) atoms. The maximum absolute atomic E-state index is 12.3. The Labute approximate surface area is 124 Å². The fraction of sp³-hybridized carbons (Fsp3) is 0.0714. The smallest absolute Gasteiger partial charge is 0.196 e. The molecule has 0 radical (unpaired) electrons. The molecule has 2 nitrogen and oxygen atoms in total. The summed E-state index contributed by atoms with van der Waals surface area (Å²) in [5.74, 6) is 0.439. The average Bonchev–Trinajstić information content (AvgIpc) is 2.39. The van der Waals surface area contributed by atoms with E-state index in [1.165, 1.54) is 7.11 Å². The predicted molar refractivity (Wildman–Crippen MR) is 80.6 cm³/mol. The standard InChI is InChI=1S/C14H10ClIO2/c1-18-13-7-4-10(15)8-12(13)14(17)9-2-5-11(16)6-3-9/h2-8H,1H3. The zero-order valence-electron chi connectivity index (χ0n) is 9.61. The van der Waals surface area contributed by atoms with E-state index in [1.807, 2.05) is 12.1 Å². The van der Waals surface area contributed by atoms with Crippen LogP contribution in [0.1, 0.15) is 15.9 Å². The average molecular weight is 373 g/mol. The largest absolute Gasteiger partial charge is 0.496 e. The molecular formula is C14H10ClIO2. The number of ether oxygens (including phenoxy) is 1. The molecule has 0 unspecified atom stereocenters. The van der Waals surface area contributed by atoms with Gasteiger partial charge in [0, 0.05) is 14.2 Å². The minimum atomic E-state index is -0.0919. The minimum absolute atomic E-state index is 0.0919. The van der Waals surface area contributed by atoms with Gasteiger partial charge in [-0.05, 0) is 65.1 Å². The van der Waals surface area contributed by atoms with E-state index in [9.17, 15) is 4.79 Å². The summed E-state index contributed by atoms with van der Waals surface area (Å²) in [5.41, 5.74) is 1.10. The zero-order valence-corrected chi connectivity index (χ0v) is 12.5. The molecule has 0 spiro atoms. The van der Waals surface area contributed by atoms with Crippen LogP contribution in [0.25, 0.3) is 0 Å². The number of hydrogen-bond acceptors (Lipinski definition) is 2. The Hall–Kier alpha value is -1.07. The van der Waals surface area contributed by atoms with Crippen LogP contribution in [-0.2, 0) is 0 Å². The van der Waals surface area contributed by atoms with Gasteiger partial charge >= 0.3 is 0 Å². The molecule has 0 aliphatic carbocycles. The number of methoxy groups -OCH3 is 1. The highest BCUT2D eigenvalue weighted by atomic mass is 127. The first-order chi connectivity index (χ1) is 8.61. The summed E-state index contributed by atoms with van der Waals surface area (Å²) in [7, 11) is 1.54. The Bertz CT molecular complexity index is 579. The second kappa shape index (κ2) is 5.71. The Morgan fingerprint density at radius 3 is 2.44 bits per heavy atom. The van der Waals surface area contributed by atoms with Gasteiger partial charge in [0.05, 0.1) is 12.7 Å². The summed E-state index contributed by atoms with van der Waals surface area (Å²) >= 11 is 8.12. The SMILES string of the molecule is COc1ccc(Cl)cc1C(=O)c1ccc(I)cc1. The molecule has 4 heteroatoms. The van der Waals surface area contributed by atoms with Gasteiger partial charge in [0.1, 0.15) is 5.75 Å². The monoisotopic (exact) mass is 372 g/mol. The summed E-state index contributed by atoms with van der Waals surface area (Å²) in [5, 5.41) is 0.518. The van der Waals surface area contributed by atoms with Gasteiger partial charge in [0.25, 0.3) is 0 Å². The molecule has 2 aromatic rings. The number of rotatable bonds is 3. The fourth-order valence-electron chi connectivity index (χ4n) is 1.61. The van der Waals surface area contributed by atoms with E-state index >= 15 is 0 Å². The summed E-state index contributed by atoms with van der Waals surface area (Å²) in [6.45, 7) is 0. The van der Waals surface area contributed by atoms with Gasteiger partial charge in [0.2, 0.25) is 0 Å². The molecule has 92 valence electrons. The molecule has 0 N–H and O–H groups in total. The predicted octanol–water partition coefficient (Wildman–Crippen LogP) is 4.18. The number of halogens is 2. The molecule has 0 amide bonds. The molecule has 2 aromatic carbocycles. The first-order valence-corrected chi connectivity index (χ1v) is 6.71. The highest BCUT2D eigenvalue weighted by Crippen LogP contribution is 2.25. The second-order valence-corrected chi connectivity index (χ2v) is 5.36. The molecule has 0 saturated carbocycles. The topological polar surface area (TPSA) is 26.3 Å². The van der Waals surface area contributed by atoms with Gasteiger partial charge in [-0.2, -0.15) is 0 Å². The van der Waals surface area contributed by atoms with E-state index in [2.05, 4.69) is 22.6 Å². The van der Waals surface area contributed by atoms with Gasteiger partial charge in [-0.15, -0.1) is 0 Å². The van der Waals surface area contributed by atoms with E-state index in [4.69, 9.17) is 16.3 Å². The van der Waals surface area contributed by atoms with Crippen LogP contribution in [0.5, 0.6) is 5.75 Å².